The van der Waals surface area contributed by atoms with Crippen molar-refractivity contribution in [2.45, 2.75) is 18.2 Å². The number of nitrogen functional groups attached to an aromatic ring is 1. The van der Waals surface area contributed by atoms with Gasteiger partial charge in [0.25, 0.3) is 0 Å². The molecule has 0 atom stereocenters. The Labute approximate surface area is 112 Å². The molecule has 0 saturated heterocycles. The van der Waals surface area contributed by atoms with Gasteiger partial charge < -0.3 is 5.73 Å². The van der Waals surface area contributed by atoms with Crippen molar-refractivity contribution in [3.63, 3.8) is 0 Å². The summed E-state index contributed by atoms with van der Waals surface area (Å²) in [7, 11) is -6.89. The van der Waals surface area contributed by atoms with Gasteiger partial charge in [0.05, 0.1) is 22.1 Å². The molecular weight excluding hydrogens is 293 g/mol. The molecule has 0 aliphatic rings. The molecule has 108 valence electrons. The molecule has 0 amide bonds. The second kappa shape index (κ2) is 5.87. The van der Waals surface area contributed by atoms with Gasteiger partial charge in [0.1, 0.15) is 15.7 Å². The summed E-state index contributed by atoms with van der Waals surface area (Å²) in [5.74, 6) is -1.36. The number of hydrogen-bond acceptors (Lipinski definition) is 5. The highest BCUT2D eigenvalue weighted by Crippen LogP contribution is 2.18. The third kappa shape index (κ3) is 4.46. The maximum Gasteiger partial charge on any atom is 0.178 e. The van der Waals surface area contributed by atoms with Gasteiger partial charge in [-0.1, -0.05) is 6.92 Å². The Kier molecular flexibility index (Phi) is 4.92. The first-order valence-corrected chi connectivity index (χ1v) is 9.13. The van der Waals surface area contributed by atoms with Gasteiger partial charge in [-0.05, 0) is 24.6 Å². The molecule has 0 heterocycles. The first-order valence-electron chi connectivity index (χ1n) is 5.66. The Hall–Kier alpha value is -1.15. The Balaban J connectivity index is 2.79. The quantitative estimate of drug-likeness (QED) is 0.791. The summed E-state index contributed by atoms with van der Waals surface area (Å²) in [6.07, 6.45) is -0.00942. The van der Waals surface area contributed by atoms with Gasteiger partial charge >= 0.3 is 0 Å². The molecule has 0 bridgehead atoms. The first kappa shape index (κ1) is 15.9. The van der Waals surface area contributed by atoms with E-state index >= 15 is 0 Å². The molecule has 0 unspecified atom stereocenters. The van der Waals surface area contributed by atoms with Crippen molar-refractivity contribution in [2.24, 2.45) is 0 Å². The van der Waals surface area contributed by atoms with Crippen molar-refractivity contribution in [3.8, 4) is 0 Å². The van der Waals surface area contributed by atoms with Gasteiger partial charge in [-0.15, -0.1) is 0 Å². The van der Waals surface area contributed by atoms with Crippen LogP contribution in [0.5, 0.6) is 0 Å². The van der Waals surface area contributed by atoms with Crippen molar-refractivity contribution >= 4 is 25.4 Å². The fourth-order valence-corrected chi connectivity index (χ4v) is 3.81. The topological polar surface area (TPSA) is 94.3 Å². The molecule has 8 heteroatoms. The average Bonchev–Trinajstić information content (AvgIpc) is 2.32. The second-order valence-electron chi connectivity index (χ2n) is 4.09. The summed E-state index contributed by atoms with van der Waals surface area (Å²) < 4.78 is 59.4. The predicted octanol–water partition coefficient (Wildman–Crippen LogP) is 1.01. The molecular formula is C11H16FNO4S2. The van der Waals surface area contributed by atoms with Crippen LogP contribution < -0.4 is 5.73 Å². The van der Waals surface area contributed by atoms with Gasteiger partial charge in [0.15, 0.2) is 9.84 Å². The van der Waals surface area contributed by atoms with E-state index in [2.05, 4.69) is 0 Å². The lowest BCUT2D eigenvalue weighted by atomic mass is 10.3. The minimum Gasteiger partial charge on any atom is -0.396 e. The van der Waals surface area contributed by atoms with Crippen LogP contribution >= 0.6 is 0 Å². The summed E-state index contributed by atoms with van der Waals surface area (Å²) in [5.41, 5.74) is 5.13. The van der Waals surface area contributed by atoms with Crippen LogP contribution in [0.1, 0.15) is 13.3 Å². The fraction of sp³-hybridized carbons (Fsp3) is 0.455. The highest BCUT2D eigenvalue weighted by Gasteiger charge is 2.17. The summed E-state index contributed by atoms with van der Waals surface area (Å²) in [6.45, 7) is 1.50. The molecule has 1 rings (SSSR count). The molecule has 0 radical (unpaired) electrons. The van der Waals surface area contributed by atoms with Gasteiger partial charge in [0, 0.05) is 5.75 Å². The van der Waals surface area contributed by atoms with Crippen LogP contribution in [0.3, 0.4) is 0 Å². The van der Waals surface area contributed by atoms with E-state index in [1.807, 2.05) is 0 Å². The van der Waals surface area contributed by atoms with Crippen molar-refractivity contribution in [3.05, 3.63) is 24.0 Å². The van der Waals surface area contributed by atoms with E-state index in [0.717, 1.165) is 6.07 Å². The Bertz CT molecular complexity index is 653. The van der Waals surface area contributed by atoms with Crippen LogP contribution in [-0.2, 0) is 19.7 Å². The highest BCUT2D eigenvalue weighted by molar-refractivity contribution is 7.92. The molecule has 5 nitrogen and oxygen atoms in total. The van der Waals surface area contributed by atoms with E-state index in [0.29, 0.717) is 0 Å². The van der Waals surface area contributed by atoms with Gasteiger partial charge in [-0.2, -0.15) is 0 Å². The minimum atomic E-state index is -3.69. The van der Waals surface area contributed by atoms with Crippen LogP contribution in [0.15, 0.2) is 23.1 Å². The third-order valence-electron chi connectivity index (χ3n) is 2.64. The lowest BCUT2D eigenvalue weighted by Gasteiger charge is -2.06. The summed E-state index contributed by atoms with van der Waals surface area (Å²) in [5, 5.41) is 0. The van der Waals surface area contributed by atoms with Crippen molar-refractivity contribution in [1.29, 1.82) is 0 Å². The minimum absolute atomic E-state index is 0.00942. The normalized spacial score (nSPS) is 12.5. The van der Waals surface area contributed by atoms with Crippen molar-refractivity contribution in [2.75, 3.05) is 23.0 Å². The third-order valence-corrected chi connectivity index (χ3v) is 6.23. The maximum absolute atomic E-state index is 13.2. The molecule has 2 N–H and O–H groups in total. The smallest absolute Gasteiger partial charge is 0.178 e. The number of anilines is 1. The molecule has 0 aromatic heterocycles. The maximum atomic E-state index is 13.2. The van der Waals surface area contributed by atoms with Crippen molar-refractivity contribution in [1.82, 2.24) is 0 Å². The van der Waals surface area contributed by atoms with E-state index in [1.54, 1.807) is 0 Å². The van der Waals surface area contributed by atoms with Gasteiger partial charge in [-0.25, -0.2) is 21.2 Å². The monoisotopic (exact) mass is 309 g/mol. The van der Waals surface area contributed by atoms with Crippen molar-refractivity contribution < 1.29 is 21.2 Å². The van der Waals surface area contributed by atoms with E-state index < -0.39 is 25.5 Å². The zero-order valence-electron chi connectivity index (χ0n) is 10.5. The number of hydrogen-bond donors (Lipinski definition) is 1. The first-order chi connectivity index (χ1) is 8.68. The summed E-state index contributed by atoms with van der Waals surface area (Å²) in [4.78, 5) is -0.187. The van der Waals surface area contributed by atoms with E-state index in [9.17, 15) is 21.2 Å². The molecule has 0 fully saturated rings. The average molecular weight is 309 g/mol. The molecule has 1 aromatic rings. The van der Waals surface area contributed by atoms with Crippen LogP contribution in [0.25, 0.3) is 0 Å². The number of halogens is 1. The predicted molar refractivity (Wildman–Crippen MR) is 71.8 cm³/mol. The van der Waals surface area contributed by atoms with Crippen LogP contribution in [0, 0.1) is 5.82 Å². The standard InChI is InChI=1S/C11H16FNO4S2/c1-2-18(14,15)6-3-7-19(16,17)9-4-5-11(13)10(12)8-9/h4-5,8H,2-3,6-7,13H2,1H3. The Morgan fingerprint density at radius 2 is 1.79 bits per heavy atom. The van der Waals surface area contributed by atoms with E-state index in [1.165, 1.54) is 19.1 Å². The number of nitrogens with two attached hydrogens (primary N) is 1. The zero-order chi connectivity index (χ0) is 14.7. The molecule has 0 aliphatic carbocycles. The van der Waals surface area contributed by atoms with E-state index in [-0.39, 0.29) is 34.3 Å². The van der Waals surface area contributed by atoms with Crippen LogP contribution in [-0.4, -0.2) is 34.1 Å². The zero-order valence-corrected chi connectivity index (χ0v) is 12.1. The van der Waals surface area contributed by atoms with Crippen LogP contribution in [0.4, 0.5) is 10.1 Å². The molecule has 19 heavy (non-hydrogen) atoms. The molecule has 0 saturated carbocycles. The Morgan fingerprint density at radius 3 is 2.32 bits per heavy atom. The highest BCUT2D eigenvalue weighted by atomic mass is 32.2. The largest absolute Gasteiger partial charge is 0.396 e. The summed E-state index contributed by atoms with van der Waals surface area (Å²) >= 11 is 0. The van der Waals surface area contributed by atoms with Gasteiger partial charge in [0.2, 0.25) is 0 Å². The number of sulfone groups is 2. The number of rotatable bonds is 6. The van der Waals surface area contributed by atoms with E-state index in [4.69, 9.17) is 5.73 Å². The summed E-state index contributed by atoms with van der Waals surface area (Å²) in [6, 6.07) is 3.23. The lowest BCUT2D eigenvalue weighted by molar-refractivity contribution is 0.587. The lowest BCUT2D eigenvalue weighted by Crippen LogP contribution is -2.14. The molecule has 0 spiro atoms. The number of benzene rings is 1. The fourth-order valence-electron chi connectivity index (χ4n) is 1.43. The molecule has 0 aliphatic heterocycles. The second-order valence-corrected chi connectivity index (χ2v) is 8.67. The van der Waals surface area contributed by atoms with Gasteiger partial charge in [-0.3, -0.25) is 0 Å². The SMILES string of the molecule is CCS(=O)(=O)CCCS(=O)(=O)c1ccc(N)c(F)c1. The Morgan fingerprint density at radius 1 is 1.16 bits per heavy atom. The molecule has 1 aromatic carbocycles. The van der Waals surface area contributed by atoms with Crippen LogP contribution in [0.2, 0.25) is 0 Å².